The second-order valence-corrected chi connectivity index (χ2v) is 1.27. The van der Waals surface area contributed by atoms with Gasteiger partial charge in [0.2, 0.25) is 0 Å². The summed E-state index contributed by atoms with van der Waals surface area (Å²) >= 11 is 0. The van der Waals surface area contributed by atoms with E-state index in [9.17, 15) is 0 Å². The summed E-state index contributed by atoms with van der Waals surface area (Å²) in [6, 6.07) is 0. The molecule has 3 heteroatoms. The largest absolute Gasteiger partial charge is 0.368 e. The molecule has 0 unspecified atom stereocenters. The van der Waals surface area contributed by atoms with E-state index in [1.165, 1.54) is 0 Å². The maximum absolute atomic E-state index is 8.11. The summed E-state index contributed by atoms with van der Waals surface area (Å²) in [6.45, 7) is 1.90. The van der Waals surface area contributed by atoms with Crippen LogP contribution in [0.3, 0.4) is 0 Å². The molecule has 2 N–H and O–H groups in total. The fraction of sp³-hybridized carbons (Fsp3) is 1.00. The predicted molar refractivity (Wildman–Crippen MR) is 23.1 cm³/mol. The van der Waals surface area contributed by atoms with Crippen molar-refractivity contribution in [1.29, 1.82) is 0 Å². The Labute approximate surface area is 57.8 Å². The van der Waals surface area contributed by atoms with Gasteiger partial charge in [-0.3, -0.25) is 0 Å². The van der Waals surface area contributed by atoms with Crippen molar-refractivity contribution < 1.29 is 31.3 Å². The van der Waals surface area contributed by atoms with Gasteiger partial charge in [0, 0.05) is 21.1 Å². The summed E-state index contributed by atoms with van der Waals surface area (Å²) in [5.41, 5.74) is 0. The summed E-state index contributed by atoms with van der Waals surface area (Å²) in [7, 11) is 0. The zero-order chi connectivity index (χ0) is 4.99. The topological polar surface area (TPSA) is 40.5 Å². The van der Waals surface area contributed by atoms with Gasteiger partial charge in [-0.2, -0.15) is 0 Å². The van der Waals surface area contributed by atoms with Gasteiger partial charge in [0.25, 0.3) is 0 Å². The van der Waals surface area contributed by atoms with Gasteiger partial charge in [-0.15, -0.1) is 0 Å². The van der Waals surface area contributed by atoms with Gasteiger partial charge in [0.15, 0.2) is 6.29 Å². The van der Waals surface area contributed by atoms with Crippen LogP contribution in [-0.2, 0) is 21.1 Å². The SMILES string of the molecule is CCCC(O)O.[Mo]. The molecule has 7 heavy (non-hydrogen) atoms. The molecule has 0 saturated heterocycles. The predicted octanol–water partition coefficient (Wildman–Crippen LogP) is 0.0947. The molecule has 0 heterocycles. The molecule has 0 rings (SSSR count). The van der Waals surface area contributed by atoms with Crippen molar-refractivity contribution in [2.24, 2.45) is 0 Å². The first kappa shape index (κ1) is 10.6. The first-order valence-electron chi connectivity index (χ1n) is 2.13. The number of rotatable bonds is 2. The molecule has 0 aliphatic rings. The maximum atomic E-state index is 8.11. The Hall–Kier alpha value is 0.608. The van der Waals surface area contributed by atoms with Crippen LogP contribution in [0, 0.1) is 0 Å². The number of hydrogen-bond donors (Lipinski definition) is 2. The van der Waals surface area contributed by atoms with Crippen LogP contribution in [0.4, 0.5) is 0 Å². The number of aliphatic hydroxyl groups excluding tert-OH is 1. The zero-order valence-corrected chi connectivity index (χ0v) is 6.30. The van der Waals surface area contributed by atoms with Crippen LogP contribution in [0.15, 0.2) is 0 Å². The third kappa shape index (κ3) is 10.8. The van der Waals surface area contributed by atoms with Crippen LogP contribution in [0.5, 0.6) is 0 Å². The average Bonchev–Trinajstić information content (AvgIpc) is 1.35. The molecule has 0 aromatic rings. The molecule has 0 aromatic heterocycles. The third-order valence-corrected chi connectivity index (χ3v) is 0.547. The molecule has 2 nitrogen and oxygen atoms in total. The van der Waals surface area contributed by atoms with E-state index in [1.54, 1.807) is 0 Å². The van der Waals surface area contributed by atoms with Gasteiger partial charge < -0.3 is 10.2 Å². The van der Waals surface area contributed by atoms with E-state index < -0.39 is 6.29 Å². The number of aliphatic hydroxyl groups is 2. The minimum atomic E-state index is -1.10. The summed E-state index contributed by atoms with van der Waals surface area (Å²) in [5, 5.41) is 16.2. The smallest absolute Gasteiger partial charge is 0.151 e. The third-order valence-electron chi connectivity index (χ3n) is 0.547. The Balaban J connectivity index is 0. The van der Waals surface area contributed by atoms with Crippen LogP contribution in [0.2, 0.25) is 0 Å². The molecule has 0 saturated carbocycles. The fourth-order valence-corrected chi connectivity index (χ4v) is 0.258. The van der Waals surface area contributed by atoms with Gasteiger partial charge in [-0.05, 0) is 6.42 Å². The van der Waals surface area contributed by atoms with Gasteiger partial charge in [-0.1, -0.05) is 13.3 Å². The van der Waals surface area contributed by atoms with Crippen LogP contribution < -0.4 is 0 Å². The molecule has 0 spiro atoms. The van der Waals surface area contributed by atoms with Crippen molar-refractivity contribution >= 4 is 0 Å². The summed E-state index contributed by atoms with van der Waals surface area (Å²) < 4.78 is 0. The minimum absolute atomic E-state index is 0. The monoisotopic (exact) mass is 188 g/mol. The molecular weight excluding hydrogens is 176 g/mol. The summed E-state index contributed by atoms with van der Waals surface area (Å²) in [4.78, 5) is 0. The maximum Gasteiger partial charge on any atom is 0.151 e. The molecule has 0 aliphatic carbocycles. The van der Waals surface area contributed by atoms with E-state index in [-0.39, 0.29) is 21.1 Å². The first-order valence-corrected chi connectivity index (χ1v) is 2.13. The van der Waals surface area contributed by atoms with E-state index in [2.05, 4.69) is 0 Å². The zero-order valence-electron chi connectivity index (χ0n) is 4.29. The Bertz CT molecular complexity index is 30.9. The second-order valence-electron chi connectivity index (χ2n) is 1.27. The molecule has 0 amide bonds. The van der Waals surface area contributed by atoms with Gasteiger partial charge in [0.05, 0.1) is 0 Å². The average molecular weight is 186 g/mol. The second kappa shape index (κ2) is 6.61. The Morgan fingerprint density at radius 3 is 1.86 bits per heavy atom. The van der Waals surface area contributed by atoms with Crippen molar-refractivity contribution in [2.75, 3.05) is 0 Å². The standard InChI is InChI=1S/C4H10O2.Mo/c1-2-3-4(5)6;/h4-6H,2-3H2,1H3;. The van der Waals surface area contributed by atoms with E-state index in [0.29, 0.717) is 6.42 Å². The molecule has 0 aliphatic heterocycles. The van der Waals surface area contributed by atoms with Gasteiger partial charge in [0.1, 0.15) is 0 Å². The van der Waals surface area contributed by atoms with Gasteiger partial charge in [-0.25, -0.2) is 0 Å². The van der Waals surface area contributed by atoms with Crippen molar-refractivity contribution in [2.45, 2.75) is 26.1 Å². The quantitative estimate of drug-likeness (QED) is 0.474. The molecule has 0 bridgehead atoms. The number of hydrogen-bond acceptors (Lipinski definition) is 2. The molecule has 0 atom stereocenters. The molecule has 0 fully saturated rings. The van der Waals surface area contributed by atoms with Crippen molar-refractivity contribution in [1.82, 2.24) is 0 Å². The van der Waals surface area contributed by atoms with Crippen LogP contribution in [0.1, 0.15) is 19.8 Å². The van der Waals surface area contributed by atoms with Crippen molar-refractivity contribution in [3.8, 4) is 0 Å². The molecule has 0 aromatic carbocycles. The van der Waals surface area contributed by atoms with Crippen molar-refractivity contribution in [3.63, 3.8) is 0 Å². The Morgan fingerprint density at radius 1 is 1.43 bits per heavy atom. The summed E-state index contributed by atoms with van der Waals surface area (Å²) in [6.07, 6.45) is 0.215. The normalized spacial score (nSPS) is 8.57. The Morgan fingerprint density at radius 2 is 1.86 bits per heavy atom. The molecule has 0 radical (unpaired) electrons. The van der Waals surface area contributed by atoms with E-state index in [1.807, 2.05) is 6.92 Å². The van der Waals surface area contributed by atoms with Crippen LogP contribution >= 0.6 is 0 Å². The van der Waals surface area contributed by atoms with Crippen molar-refractivity contribution in [3.05, 3.63) is 0 Å². The fourth-order valence-electron chi connectivity index (χ4n) is 0.258. The first-order chi connectivity index (χ1) is 2.77. The summed E-state index contributed by atoms with van der Waals surface area (Å²) in [5.74, 6) is 0. The molecule has 44 valence electrons. The minimum Gasteiger partial charge on any atom is -0.368 e. The van der Waals surface area contributed by atoms with Gasteiger partial charge >= 0.3 is 0 Å². The molecular formula is C4H10MoO2. The van der Waals surface area contributed by atoms with E-state index in [0.717, 1.165) is 6.42 Å². The Kier molecular flexibility index (Phi) is 9.97. The van der Waals surface area contributed by atoms with Crippen LogP contribution in [-0.4, -0.2) is 16.5 Å². The van der Waals surface area contributed by atoms with Crippen LogP contribution in [0.25, 0.3) is 0 Å². The van der Waals surface area contributed by atoms with E-state index in [4.69, 9.17) is 10.2 Å². The van der Waals surface area contributed by atoms with E-state index >= 15 is 0 Å².